The van der Waals surface area contributed by atoms with Crippen LogP contribution in [0.3, 0.4) is 0 Å². The van der Waals surface area contributed by atoms with Crippen LogP contribution in [-0.4, -0.2) is 62.4 Å². The van der Waals surface area contributed by atoms with E-state index in [1.165, 1.54) is 0 Å². The van der Waals surface area contributed by atoms with Crippen molar-refractivity contribution in [1.82, 2.24) is 10.2 Å². The van der Waals surface area contributed by atoms with E-state index in [2.05, 4.69) is 24.1 Å². The Labute approximate surface area is 123 Å². The second kappa shape index (κ2) is 10.1. The van der Waals surface area contributed by atoms with Crippen molar-refractivity contribution in [3.63, 3.8) is 0 Å². The average Bonchev–Trinajstić information content (AvgIpc) is 2.63. The molecular weight excluding hydrogens is 256 g/mol. The molecule has 1 saturated heterocycles. The molecule has 2 atom stereocenters. The number of ether oxygens (including phenoxy) is 2. The van der Waals surface area contributed by atoms with E-state index in [0.717, 1.165) is 52.0 Å². The van der Waals surface area contributed by atoms with Gasteiger partial charge >= 0.3 is 5.97 Å². The van der Waals surface area contributed by atoms with E-state index < -0.39 is 0 Å². The Morgan fingerprint density at radius 1 is 1.50 bits per heavy atom. The van der Waals surface area contributed by atoms with Crippen LogP contribution in [0.1, 0.15) is 40.0 Å². The third kappa shape index (κ3) is 6.68. The molecule has 0 aromatic heterocycles. The van der Waals surface area contributed by atoms with Gasteiger partial charge in [0, 0.05) is 26.2 Å². The summed E-state index contributed by atoms with van der Waals surface area (Å²) in [5.74, 6) is -0.125. The Hall–Kier alpha value is -0.650. The van der Waals surface area contributed by atoms with Gasteiger partial charge in [-0.25, -0.2) is 0 Å². The van der Waals surface area contributed by atoms with E-state index in [1.54, 1.807) is 0 Å². The van der Waals surface area contributed by atoms with Gasteiger partial charge in [0.25, 0.3) is 0 Å². The molecule has 118 valence electrons. The minimum atomic E-state index is -0.186. The van der Waals surface area contributed by atoms with E-state index in [-0.39, 0.29) is 18.1 Å². The number of rotatable bonds is 8. The van der Waals surface area contributed by atoms with Crippen molar-refractivity contribution in [2.75, 3.05) is 39.4 Å². The zero-order chi connectivity index (χ0) is 14.8. The molecule has 0 aromatic carbocycles. The molecule has 0 aromatic rings. The van der Waals surface area contributed by atoms with Crippen molar-refractivity contribution in [3.05, 3.63) is 0 Å². The van der Waals surface area contributed by atoms with Gasteiger partial charge in [-0.05, 0) is 39.7 Å². The van der Waals surface area contributed by atoms with Crippen LogP contribution in [0.25, 0.3) is 0 Å². The third-order valence-electron chi connectivity index (χ3n) is 3.48. The Morgan fingerprint density at radius 2 is 2.30 bits per heavy atom. The first-order chi connectivity index (χ1) is 9.67. The lowest BCUT2D eigenvalue weighted by Gasteiger charge is -2.24. The number of esters is 1. The summed E-state index contributed by atoms with van der Waals surface area (Å²) >= 11 is 0. The van der Waals surface area contributed by atoms with Gasteiger partial charge in [0.2, 0.25) is 0 Å². The molecular formula is C15H30N2O3. The minimum absolute atomic E-state index is 0.125. The molecule has 20 heavy (non-hydrogen) atoms. The van der Waals surface area contributed by atoms with Gasteiger partial charge in [-0.3, -0.25) is 4.79 Å². The van der Waals surface area contributed by atoms with Crippen molar-refractivity contribution < 1.29 is 14.3 Å². The largest absolute Gasteiger partial charge is 0.465 e. The smallest absolute Gasteiger partial charge is 0.323 e. The molecule has 1 rings (SSSR count). The maximum absolute atomic E-state index is 11.9. The maximum atomic E-state index is 11.9. The molecule has 0 aliphatic carbocycles. The lowest BCUT2D eigenvalue weighted by molar-refractivity contribution is -0.145. The van der Waals surface area contributed by atoms with Crippen molar-refractivity contribution in [1.29, 1.82) is 0 Å². The van der Waals surface area contributed by atoms with E-state index in [4.69, 9.17) is 9.47 Å². The monoisotopic (exact) mass is 286 g/mol. The Morgan fingerprint density at radius 3 is 3.00 bits per heavy atom. The van der Waals surface area contributed by atoms with Crippen LogP contribution in [0, 0.1) is 0 Å². The van der Waals surface area contributed by atoms with Crippen LogP contribution in [0.5, 0.6) is 0 Å². The standard InChI is InChI=1S/C15H30N2O3/c1-4-8-16-14(15(18)19-5-2)7-10-17-9-6-11-20-13(3)12-17/h13-14,16H,4-12H2,1-3H3. The quantitative estimate of drug-likeness (QED) is 0.684. The maximum Gasteiger partial charge on any atom is 0.323 e. The molecule has 5 nitrogen and oxygen atoms in total. The summed E-state index contributed by atoms with van der Waals surface area (Å²) in [5, 5.41) is 3.29. The SMILES string of the molecule is CCCNC(CCN1CCCOC(C)C1)C(=O)OCC. The molecule has 0 spiro atoms. The van der Waals surface area contributed by atoms with Crippen LogP contribution in [0.2, 0.25) is 0 Å². The number of nitrogens with one attached hydrogen (secondary N) is 1. The zero-order valence-corrected chi connectivity index (χ0v) is 13.2. The first kappa shape index (κ1) is 17.4. The van der Waals surface area contributed by atoms with Gasteiger partial charge in [0.05, 0.1) is 12.7 Å². The van der Waals surface area contributed by atoms with Crippen LogP contribution in [0.4, 0.5) is 0 Å². The summed E-state index contributed by atoms with van der Waals surface area (Å²) < 4.78 is 10.8. The van der Waals surface area contributed by atoms with E-state index in [9.17, 15) is 4.79 Å². The number of nitrogens with zero attached hydrogens (tertiary/aromatic N) is 1. The molecule has 1 aliphatic heterocycles. The fourth-order valence-corrected chi connectivity index (χ4v) is 2.46. The summed E-state index contributed by atoms with van der Waals surface area (Å²) in [6.07, 6.45) is 3.16. The van der Waals surface area contributed by atoms with E-state index in [0.29, 0.717) is 6.61 Å². The molecule has 0 saturated carbocycles. The van der Waals surface area contributed by atoms with E-state index >= 15 is 0 Å². The average molecular weight is 286 g/mol. The predicted octanol–water partition coefficient (Wildman–Crippen LogP) is 1.42. The van der Waals surface area contributed by atoms with E-state index in [1.807, 2.05) is 6.92 Å². The van der Waals surface area contributed by atoms with Gasteiger partial charge in [-0.15, -0.1) is 0 Å². The summed E-state index contributed by atoms with van der Waals surface area (Å²) in [6, 6.07) is -0.186. The van der Waals surface area contributed by atoms with Gasteiger partial charge in [-0.2, -0.15) is 0 Å². The van der Waals surface area contributed by atoms with Crippen molar-refractivity contribution in [3.8, 4) is 0 Å². The normalized spacial score (nSPS) is 22.2. The molecule has 5 heteroatoms. The molecule has 0 bridgehead atoms. The zero-order valence-electron chi connectivity index (χ0n) is 13.2. The highest BCUT2D eigenvalue weighted by molar-refractivity contribution is 5.75. The Bertz CT molecular complexity index is 274. The second-order valence-electron chi connectivity index (χ2n) is 5.38. The molecule has 1 N–H and O–H groups in total. The molecule has 2 unspecified atom stereocenters. The van der Waals surface area contributed by atoms with Crippen molar-refractivity contribution >= 4 is 5.97 Å². The molecule has 1 fully saturated rings. The fraction of sp³-hybridized carbons (Fsp3) is 0.933. The van der Waals surface area contributed by atoms with Crippen LogP contribution in [0.15, 0.2) is 0 Å². The highest BCUT2D eigenvalue weighted by atomic mass is 16.5. The number of hydrogen-bond donors (Lipinski definition) is 1. The van der Waals surface area contributed by atoms with Crippen LogP contribution < -0.4 is 5.32 Å². The van der Waals surface area contributed by atoms with Gasteiger partial charge in [-0.1, -0.05) is 6.92 Å². The third-order valence-corrected chi connectivity index (χ3v) is 3.48. The second-order valence-corrected chi connectivity index (χ2v) is 5.38. The summed E-state index contributed by atoms with van der Waals surface area (Å²) in [6.45, 7) is 11.1. The lowest BCUT2D eigenvalue weighted by Crippen LogP contribution is -2.42. The topological polar surface area (TPSA) is 50.8 Å². The lowest BCUT2D eigenvalue weighted by atomic mass is 10.2. The van der Waals surface area contributed by atoms with Crippen molar-refractivity contribution in [2.45, 2.75) is 52.2 Å². The number of carbonyl (C=O) groups excluding carboxylic acids is 1. The predicted molar refractivity (Wildman–Crippen MR) is 79.8 cm³/mol. The Balaban J connectivity index is 2.40. The van der Waals surface area contributed by atoms with Crippen LogP contribution in [-0.2, 0) is 14.3 Å². The van der Waals surface area contributed by atoms with Gasteiger partial charge in [0.15, 0.2) is 0 Å². The summed E-state index contributed by atoms with van der Waals surface area (Å²) in [7, 11) is 0. The highest BCUT2D eigenvalue weighted by Crippen LogP contribution is 2.07. The van der Waals surface area contributed by atoms with Crippen LogP contribution >= 0.6 is 0 Å². The first-order valence-corrected chi connectivity index (χ1v) is 7.91. The first-order valence-electron chi connectivity index (χ1n) is 7.91. The van der Waals surface area contributed by atoms with Crippen molar-refractivity contribution in [2.24, 2.45) is 0 Å². The Kier molecular flexibility index (Phi) is 8.82. The van der Waals surface area contributed by atoms with Gasteiger partial charge < -0.3 is 19.7 Å². The molecule has 0 amide bonds. The fourth-order valence-electron chi connectivity index (χ4n) is 2.46. The molecule has 1 aliphatic rings. The highest BCUT2D eigenvalue weighted by Gasteiger charge is 2.21. The summed E-state index contributed by atoms with van der Waals surface area (Å²) in [5.41, 5.74) is 0. The molecule has 1 heterocycles. The molecule has 0 radical (unpaired) electrons. The van der Waals surface area contributed by atoms with Gasteiger partial charge in [0.1, 0.15) is 6.04 Å². The summed E-state index contributed by atoms with van der Waals surface area (Å²) in [4.78, 5) is 14.3. The number of carbonyl (C=O) groups is 1. The minimum Gasteiger partial charge on any atom is -0.465 e. The number of hydrogen-bond acceptors (Lipinski definition) is 5.